The van der Waals surface area contributed by atoms with Crippen molar-refractivity contribution in [2.75, 3.05) is 25.0 Å². The molecule has 4 aromatic heterocycles. The molecule has 16 heteroatoms. The van der Waals surface area contributed by atoms with Crippen LogP contribution in [0.15, 0.2) is 93.7 Å². The van der Waals surface area contributed by atoms with Gasteiger partial charge in [0.05, 0.1) is 7.11 Å². The Morgan fingerprint density at radius 2 is 1.65 bits per heavy atom. The second-order valence-corrected chi connectivity index (χ2v) is 14.4. The Morgan fingerprint density at radius 3 is 2.30 bits per heavy atom. The van der Waals surface area contributed by atoms with Gasteiger partial charge in [-0.1, -0.05) is 44.2 Å². The van der Waals surface area contributed by atoms with Gasteiger partial charge in [-0.3, -0.25) is 9.71 Å². The lowest BCUT2D eigenvalue weighted by molar-refractivity contribution is 0.292. The second kappa shape index (κ2) is 14.2. The van der Waals surface area contributed by atoms with Crippen LogP contribution < -0.4 is 23.7 Å². The highest BCUT2D eigenvalue weighted by atomic mass is 32.2. The number of rotatable bonds is 14. The van der Waals surface area contributed by atoms with Crippen LogP contribution in [0.1, 0.15) is 25.3 Å². The summed E-state index contributed by atoms with van der Waals surface area (Å²) in [5.74, 6) is 0.0575. The van der Waals surface area contributed by atoms with Gasteiger partial charge in [-0.2, -0.15) is 13.4 Å². The first-order chi connectivity index (χ1) is 22.1. The Kier molecular flexibility index (Phi) is 10.1. The average molecular weight is 683 g/mol. The minimum Gasteiger partial charge on any atom is -0.493 e. The van der Waals surface area contributed by atoms with Gasteiger partial charge in [0.25, 0.3) is 15.9 Å². The molecule has 0 aliphatic rings. The fraction of sp³-hybridized carbons (Fsp3) is 0.200. The quantitative estimate of drug-likeness (QED) is 0.150. The molecule has 5 aromatic rings. The highest BCUT2D eigenvalue weighted by Gasteiger charge is 2.26. The Morgan fingerprint density at radius 1 is 0.870 bits per heavy atom. The van der Waals surface area contributed by atoms with Gasteiger partial charge >= 0.3 is 0 Å². The molecule has 46 heavy (non-hydrogen) atoms. The number of methoxy groups -OCH3 is 1. The topological polar surface area (TPSA) is 172 Å². The van der Waals surface area contributed by atoms with Gasteiger partial charge < -0.3 is 14.2 Å². The van der Waals surface area contributed by atoms with Crippen molar-refractivity contribution in [2.24, 2.45) is 0 Å². The van der Waals surface area contributed by atoms with Crippen LogP contribution in [-0.2, 0) is 20.0 Å². The number of pyridine rings is 2. The van der Waals surface area contributed by atoms with Crippen molar-refractivity contribution in [2.45, 2.75) is 29.0 Å². The van der Waals surface area contributed by atoms with E-state index in [1.807, 2.05) is 13.8 Å². The van der Waals surface area contributed by atoms with Gasteiger partial charge in [0, 0.05) is 18.9 Å². The number of ether oxygens (including phenoxy) is 3. The molecule has 0 radical (unpaired) electrons. The van der Waals surface area contributed by atoms with Crippen molar-refractivity contribution < 1.29 is 31.0 Å². The van der Waals surface area contributed by atoms with E-state index in [4.69, 9.17) is 14.2 Å². The third kappa shape index (κ3) is 7.77. The maximum Gasteiger partial charge on any atom is 0.280 e. The zero-order chi connectivity index (χ0) is 32.7. The number of hydrogen-bond acceptors (Lipinski definition) is 12. The second-order valence-electron chi connectivity index (χ2n) is 9.87. The molecular formula is C30H30N6O7S3. The van der Waals surface area contributed by atoms with E-state index in [9.17, 15) is 16.8 Å². The van der Waals surface area contributed by atoms with Crippen LogP contribution in [0.2, 0.25) is 0 Å². The molecule has 0 bridgehead atoms. The van der Waals surface area contributed by atoms with E-state index >= 15 is 0 Å². The number of benzene rings is 1. The summed E-state index contributed by atoms with van der Waals surface area (Å²) in [6.07, 6.45) is 3.03. The molecule has 0 aliphatic heterocycles. The number of nitrogens with one attached hydrogen (secondary N) is 2. The summed E-state index contributed by atoms with van der Waals surface area (Å²) in [5.41, 5.74) is 1.18. The number of anilines is 1. The summed E-state index contributed by atoms with van der Waals surface area (Å²) in [6, 6.07) is 18.0. The Bertz CT molecular complexity index is 1990. The molecule has 1 aromatic carbocycles. The first-order valence-corrected chi connectivity index (χ1v) is 17.7. The first kappa shape index (κ1) is 32.7. The molecule has 0 saturated heterocycles. The van der Waals surface area contributed by atoms with Gasteiger partial charge in [-0.05, 0) is 53.3 Å². The Hall–Kier alpha value is -4.64. The van der Waals surface area contributed by atoms with E-state index in [1.54, 1.807) is 60.0 Å². The molecule has 2 N–H and O–H groups in total. The number of aromatic nitrogens is 4. The molecule has 0 amide bonds. The molecule has 0 spiro atoms. The lowest BCUT2D eigenvalue weighted by Gasteiger charge is -2.18. The van der Waals surface area contributed by atoms with Crippen LogP contribution in [0.3, 0.4) is 0 Å². The molecule has 0 aliphatic carbocycles. The number of sulfonamides is 2. The SMILES string of the molecule is COc1ccccc1Oc1c(NS(=O)(=O)c2ccc(C(C)C)cn2)nc(-c2ccccn2)nc1OCCNS(=O)(=O)c1cccs1. The largest absolute Gasteiger partial charge is 0.493 e. The summed E-state index contributed by atoms with van der Waals surface area (Å²) in [7, 11) is -6.61. The molecule has 0 unspecified atom stereocenters. The third-order valence-corrected chi connectivity index (χ3v) is 10.4. The molecule has 0 atom stereocenters. The fourth-order valence-electron chi connectivity index (χ4n) is 3.99. The molecule has 0 saturated carbocycles. The minimum atomic E-state index is -4.30. The zero-order valence-electron chi connectivity index (χ0n) is 24.9. The van der Waals surface area contributed by atoms with Crippen LogP contribution in [0.4, 0.5) is 5.82 Å². The summed E-state index contributed by atoms with van der Waals surface area (Å²) in [4.78, 5) is 17.4. The van der Waals surface area contributed by atoms with Gasteiger partial charge in [0.2, 0.25) is 15.8 Å². The summed E-state index contributed by atoms with van der Waals surface area (Å²) < 4.78 is 75.1. The normalized spacial score (nSPS) is 11.7. The highest BCUT2D eigenvalue weighted by molar-refractivity contribution is 7.92. The Balaban J connectivity index is 1.56. The van der Waals surface area contributed by atoms with Crippen molar-refractivity contribution in [1.29, 1.82) is 0 Å². The van der Waals surface area contributed by atoms with E-state index in [-0.39, 0.29) is 57.3 Å². The number of nitrogens with zero attached hydrogens (tertiary/aromatic N) is 4. The van der Waals surface area contributed by atoms with Gasteiger partial charge in [0.1, 0.15) is 16.5 Å². The van der Waals surface area contributed by atoms with E-state index in [2.05, 4.69) is 29.4 Å². The average Bonchev–Trinajstić information content (AvgIpc) is 3.61. The summed E-state index contributed by atoms with van der Waals surface area (Å²) >= 11 is 1.08. The molecular weight excluding hydrogens is 653 g/mol. The van der Waals surface area contributed by atoms with Crippen molar-refractivity contribution >= 4 is 37.2 Å². The predicted molar refractivity (Wildman–Crippen MR) is 172 cm³/mol. The van der Waals surface area contributed by atoms with Crippen molar-refractivity contribution in [3.63, 3.8) is 0 Å². The van der Waals surface area contributed by atoms with Crippen molar-refractivity contribution in [1.82, 2.24) is 24.7 Å². The Labute approximate surface area is 270 Å². The van der Waals surface area contributed by atoms with E-state index in [0.717, 1.165) is 16.9 Å². The number of hydrogen-bond donors (Lipinski definition) is 2. The van der Waals surface area contributed by atoms with Gasteiger partial charge in [-0.25, -0.2) is 23.1 Å². The van der Waals surface area contributed by atoms with Crippen molar-refractivity contribution in [3.05, 3.63) is 90.1 Å². The lowest BCUT2D eigenvalue weighted by Crippen LogP contribution is -2.28. The highest BCUT2D eigenvalue weighted by Crippen LogP contribution is 2.41. The molecule has 4 heterocycles. The fourth-order valence-corrected chi connectivity index (χ4v) is 6.98. The van der Waals surface area contributed by atoms with Gasteiger partial charge in [-0.15, -0.1) is 11.3 Å². The minimum absolute atomic E-state index is 0.0166. The van der Waals surface area contributed by atoms with Crippen LogP contribution in [-0.4, -0.2) is 57.0 Å². The van der Waals surface area contributed by atoms with Crippen molar-refractivity contribution in [3.8, 4) is 34.6 Å². The maximum absolute atomic E-state index is 13.6. The number of para-hydroxylation sites is 2. The van der Waals surface area contributed by atoms with E-state index < -0.39 is 20.0 Å². The number of thiophene rings is 1. The summed E-state index contributed by atoms with van der Waals surface area (Å²) in [5, 5.41) is 1.41. The van der Waals surface area contributed by atoms with Crippen LogP contribution in [0, 0.1) is 0 Å². The van der Waals surface area contributed by atoms with Crippen LogP contribution in [0.5, 0.6) is 23.1 Å². The third-order valence-electron chi connectivity index (χ3n) is 6.33. The predicted octanol–water partition coefficient (Wildman–Crippen LogP) is 5.08. The summed E-state index contributed by atoms with van der Waals surface area (Å²) in [6.45, 7) is 3.61. The van der Waals surface area contributed by atoms with Crippen LogP contribution in [0.25, 0.3) is 11.5 Å². The zero-order valence-corrected chi connectivity index (χ0v) is 27.4. The monoisotopic (exact) mass is 682 g/mol. The first-order valence-electron chi connectivity index (χ1n) is 13.9. The molecule has 5 rings (SSSR count). The molecule has 13 nitrogen and oxygen atoms in total. The molecule has 0 fully saturated rings. The standard InChI is InChI=1S/C30H30N6O7S3/c1-20(2)21-13-14-25(32-19-21)45(37,38)36-29-27(43-24-11-5-4-10-23(24)41-3)30(35-28(34-29)22-9-6-7-15-31-22)42-17-16-33-46(39,40)26-12-8-18-44-26/h4-15,18-20,33H,16-17H2,1-3H3,(H,34,35,36). The lowest BCUT2D eigenvalue weighted by atomic mass is 10.1. The van der Waals surface area contributed by atoms with Crippen LogP contribution >= 0.6 is 11.3 Å². The van der Waals surface area contributed by atoms with E-state index in [1.165, 1.54) is 31.6 Å². The molecule has 240 valence electrons. The maximum atomic E-state index is 13.6. The smallest absolute Gasteiger partial charge is 0.280 e. The van der Waals surface area contributed by atoms with E-state index in [0.29, 0.717) is 11.4 Å². The van der Waals surface area contributed by atoms with Gasteiger partial charge in [0.15, 0.2) is 28.2 Å².